The van der Waals surface area contributed by atoms with Crippen LogP contribution in [0.1, 0.15) is 10.4 Å². The minimum absolute atomic E-state index is 0.120. The van der Waals surface area contributed by atoms with E-state index in [2.05, 4.69) is 0 Å². The van der Waals surface area contributed by atoms with Gasteiger partial charge in [-0.2, -0.15) is 13.2 Å². The third-order valence-electron chi connectivity index (χ3n) is 2.44. The number of hydrogen-bond donors (Lipinski definition) is 2. The highest BCUT2D eigenvalue weighted by molar-refractivity contribution is 5.96. The van der Waals surface area contributed by atoms with Crippen LogP contribution in [0.25, 0.3) is 0 Å². The summed E-state index contributed by atoms with van der Waals surface area (Å²) in [6, 6.07) is 3.37. The second-order valence-corrected chi connectivity index (χ2v) is 4.29. The summed E-state index contributed by atoms with van der Waals surface area (Å²) in [4.78, 5) is 23.9. The second kappa shape index (κ2) is 6.42. The molecule has 0 spiro atoms. The van der Waals surface area contributed by atoms with Gasteiger partial charge in [-0.15, -0.1) is 0 Å². The number of alkyl halides is 3. The number of amides is 2. The van der Waals surface area contributed by atoms with Crippen molar-refractivity contribution in [2.45, 2.75) is 6.18 Å². The molecule has 116 valence electrons. The van der Waals surface area contributed by atoms with Gasteiger partial charge in [0.05, 0.1) is 12.1 Å². The van der Waals surface area contributed by atoms with Crippen LogP contribution < -0.4 is 11.1 Å². The Morgan fingerprint density at radius 1 is 1.33 bits per heavy atom. The smallest absolute Gasteiger partial charge is 0.399 e. The molecule has 0 saturated heterocycles. The van der Waals surface area contributed by atoms with Crippen LogP contribution in [-0.4, -0.2) is 43.0 Å². The topological polar surface area (TPSA) is 75.4 Å². The Balaban J connectivity index is 2.64. The number of carbonyl (C=O) groups is 2. The van der Waals surface area contributed by atoms with Crippen molar-refractivity contribution in [2.24, 2.45) is 0 Å². The third-order valence-corrected chi connectivity index (χ3v) is 2.44. The van der Waals surface area contributed by atoms with Gasteiger partial charge < -0.3 is 16.0 Å². The number of benzene rings is 1. The van der Waals surface area contributed by atoms with E-state index in [0.29, 0.717) is 0 Å². The van der Waals surface area contributed by atoms with E-state index in [1.165, 1.54) is 13.1 Å². The van der Waals surface area contributed by atoms with E-state index in [-0.39, 0.29) is 11.3 Å². The number of nitrogens with one attached hydrogen (secondary N) is 1. The summed E-state index contributed by atoms with van der Waals surface area (Å²) in [6.45, 7) is -2.12. The van der Waals surface area contributed by atoms with Crippen LogP contribution in [0.5, 0.6) is 0 Å². The maximum atomic E-state index is 13.5. The van der Waals surface area contributed by atoms with Gasteiger partial charge in [-0.1, -0.05) is 0 Å². The Kier molecular flexibility index (Phi) is 5.12. The Labute approximate surface area is 117 Å². The SMILES string of the molecule is CN(CC(=O)NCC(F)(F)F)C(=O)c1ccc(N)cc1F. The Hall–Kier alpha value is -2.32. The summed E-state index contributed by atoms with van der Waals surface area (Å²) in [6.07, 6.45) is -4.54. The third kappa shape index (κ3) is 5.28. The van der Waals surface area contributed by atoms with E-state index in [9.17, 15) is 27.2 Å². The van der Waals surface area contributed by atoms with Gasteiger partial charge in [-0.05, 0) is 18.2 Å². The van der Waals surface area contributed by atoms with Crippen molar-refractivity contribution < 1.29 is 27.2 Å². The maximum Gasteiger partial charge on any atom is 0.405 e. The summed E-state index contributed by atoms with van der Waals surface area (Å²) in [5.74, 6) is -2.71. The lowest BCUT2D eigenvalue weighted by Gasteiger charge is -2.17. The normalized spacial score (nSPS) is 11.1. The van der Waals surface area contributed by atoms with E-state index < -0.39 is 36.9 Å². The summed E-state index contributed by atoms with van der Waals surface area (Å²) < 4.78 is 49.3. The van der Waals surface area contributed by atoms with Crippen molar-refractivity contribution in [3.05, 3.63) is 29.6 Å². The highest BCUT2D eigenvalue weighted by Crippen LogP contribution is 2.14. The van der Waals surface area contributed by atoms with E-state index in [0.717, 1.165) is 17.0 Å². The fourth-order valence-electron chi connectivity index (χ4n) is 1.45. The lowest BCUT2D eigenvalue weighted by atomic mass is 10.1. The molecule has 9 heteroatoms. The summed E-state index contributed by atoms with van der Waals surface area (Å²) in [7, 11) is 1.17. The molecule has 0 radical (unpaired) electrons. The quantitative estimate of drug-likeness (QED) is 0.647. The minimum Gasteiger partial charge on any atom is -0.399 e. The molecule has 2 amide bonds. The number of nitrogens with zero attached hydrogens (tertiary/aromatic N) is 1. The molecule has 0 saturated carbocycles. The van der Waals surface area contributed by atoms with Gasteiger partial charge in [0.2, 0.25) is 5.91 Å². The first-order valence-corrected chi connectivity index (χ1v) is 5.74. The fraction of sp³-hybridized carbons (Fsp3) is 0.333. The largest absolute Gasteiger partial charge is 0.405 e. The predicted octanol–water partition coefficient (Wildman–Crippen LogP) is 1.16. The van der Waals surface area contributed by atoms with Gasteiger partial charge in [0.15, 0.2) is 0 Å². The first-order chi connectivity index (χ1) is 9.60. The molecule has 0 fully saturated rings. The molecule has 0 aromatic heterocycles. The highest BCUT2D eigenvalue weighted by atomic mass is 19.4. The Morgan fingerprint density at radius 3 is 2.48 bits per heavy atom. The number of likely N-dealkylation sites (N-methyl/N-ethyl adjacent to an activating group) is 1. The number of rotatable bonds is 4. The van der Waals surface area contributed by atoms with Crippen LogP contribution in [0, 0.1) is 5.82 Å². The zero-order chi connectivity index (χ0) is 16.2. The Bertz CT molecular complexity index is 546. The molecule has 21 heavy (non-hydrogen) atoms. The average Bonchev–Trinajstić information content (AvgIpc) is 2.34. The number of anilines is 1. The molecule has 1 aromatic carbocycles. The van der Waals surface area contributed by atoms with E-state index in [1.807, 2.05) is 0 Å². The second-order valence-electron chi connectivity index (χ2n) is 4.29. The number of halogens is 4. The van der Waals surface area contributed by atoms with E-state index >= 15 is 0 Å². The lowest BCUT2D eigenvalue weighted by molar-refractivity contribution is -0.138. The minimum atomic E-state index is -4.54. The first kappa shape index (κ1) is 16.7. The predicted molar refractivity (Wildman–Crippen MR) is 66.8 cm³/mol. The average molecular weight is 307 g/mol. The molecular formula is C12H13F4N3O2. The Morgan fingerprint density at radius 2 is 1.95 bits per heavy atom. The van der Waals surface area contributed by atoms with E-state index in [1.54, 1.807) is 5.32 Å². The van der Waals surface area contributed by atoms with Gasteiger partial charge in [-0.3, -0.25) is 9.59 Å². The van der Waals surface area contributed by atoms with Crippen molar-refractivity contribution in [3.63, 3.8) is 0 Å². The summed E-state index contributed by atoms with van der Waals surface area (Å²) in [5.41, 5.74) is 5.13. The summed E-state index contributed by atoms with van der Waals surface area (Å²) in [5, 5.41) is 1.61. The molecule has 0 aliphatic heterocycles. The molecule has 0 heterocycles. The van der Waals surface area contributed by atoms with Gasteiger partial charge >= 0.3 is 6.18 Å². The number of hydrogen-bond acceptors (Lipinski definition) is 3. The summed E-state index contributed by atoms with van der Waals surface area (Å²) >= 11 is 0. The standard InChI is InChI=1S/C12H13F4N3O2/c1-19(5-10(20)18-6-12(14,15)16)11(21)8-3-2-7(17)4-9(8)13/h2-4H,5-6,17H2,1H3,(H,18,20). The number of nitrogen functional groups attached to an aromatic ring is 1. The van der Waals surface area contributed by atoms with Crippen LogP contribution in [0.15, 0.2) is 18.2 Å². The van der Waals surface area contributed by atoms with Crippen molar-refractivity contribution in [1.82, 2.24) is 10.2 Å². The highest BCUT2D eigenvalue weighted by Gasteiger charge is 2.28. The molecule has 3 N–H and O–H groups in total. The fourth-order valence-corrected chi connectivity index (χ4v) is 1.45. The molecule has 0 unspecified atom stereocenters. The van der Waals surface area contributed by atoms with Crippen molar-refractivity contribution >= 4 is 17.5 Å². The van der Waals surface area contributed by atoms with Crippen LogP contribution >= 0.6 is 0 Å². The van der Waals surface area contributed by atoms with Crippen molar-refractivity contribution in [2.75, 3.05) is 25.9 Å². The number of carbonyl (C=O) groups excluding carboxylic acids is 2. The molecular weight excluding hydrogens is 294 g/mol. The molecule has 0 atom stereocenters. The lowest BCUT2D eigenvalue weighted by Crippen LogP contribution is -2.41. The van der Waals surface area contributed by atoms with Crippen molar-refractivity contribution in [3.8, 4) is 0 Å². The van der Waals surface area contributed by atoms with Crippen LogP contribution in [0.3, 0.4) is 0 Å². The number of nitrogens with two attached hydrogens (primary N) is 1. The zero-order valence-corrected chi connectivity index (χ0v) is 11.0. The van der Waals surface area contributed by atoms with Gasteiger partial charge in [0.1, 0.15) is 12.4 Å². The zero-order valence-electron chi connectivity index (χ0n) is 11.0. The van der Waals surface area contributed by atoms with Crippen LogP contribution in [0.2, 0.25) is 0 Å². The molecule has 0 aliphatic rings. The van der Waals surface area contributed by atoms with Crippen LogP contribution in [-0.2, 0) is 4.79 Å². The van der Waals surface area contributed by atoms with Gasteiger partial charge in [-0.25, -0.2) is 4.39 Å². The maximum absolute atomic E-state index is 13.5. The monoisotopic (exact) mass is 307 g/mol. The van der Waals surface area contributed by atoms with Gasteiger partial charge in [0, 0.05) is 12.7 Å². The molecule has 1 rings (SSSR count). The molecule has 0 aliphatic carbocycles. The molecule has 1 aromatic rings. The van der Waals surface area contributed by atoms with Crippen molar-refractivity contribution in [1.29, 1.82) is 0 Å². The molecule has 0 bridgehead atoms. The van der Waals surface area contributed by atoms with Crippen LogP contribution in [0.4, 0.5) is 23.2 Å². The van der Waals surface area contributed by atoms with E-state index in [4.69, 9.17) is 5.73 Å². The first-order valence-electron chi connectivity index (χ1n) is 5.74. The molecule has 5 nitrogen and oxygen atoms in total. The van der Waals surface area contributed by atoms with Gasteiger partial charge in [0.25, 0.3) is 5.91 Å².